The molecule has 1 aromatic carbocycles. The lowest BCUT2D eigenvalue weighted by Crippen LogP contribution is -2.47. The molecule has 1 N–H and O–H groups in total. The van der Waals surface area contributed by atoms with Crippen LogP contribution in [0.3, 0.4) is 0 Å². The SMILES string of the molecule is CC1CCC2(CC2c2ccc(Cl)cc2)C1(O)[S+](C)C. The number of hydrogen-bond acceptors (Lipinski definition) is 1. The summed E-state index contributed by atoms with van der Waals surface area (Å²) in [5.74, 6) is 0.942. The molecule has 0 saturated heterocycles. The molecule has 2 aliphatic rings. The highest BCUT2D eigenvalue weighted by Gasteiger charge is 2.76. The smallest absolute Gasteiger partial charge is 0.233 e. The summed E-state index contributed by atoms with van der Waals surface area (Å²) in [4.78, 5) is -0.475. The molecular formula is C16H22ClOS+. The van der Waals surface area contributed by atoms with Gasteiger partial charge in [-0.05, 0) is 42.9 Å². The molecule has 2 aliphatic carbocycles. The van der Waals surface area contributed by atoms with Crippen molar-refractivity contribution in [2.24, 2.45) is 11.3 Å². The predicted octanol–water partition coefficient (Wildman–Crippen LogP) is 3.81. The molecule has 4 unspecified atom stereocenters. The van der Waals surface area contributed by atoms with Gasteiger partial charge in [-0.3, -0.25) is 0 Å². The molecule has 0 bridgehead atoms. The summed E-state index contributed by atoms with van der Waals surface area (Å²) >= 11 is 5.97. The van der Waals surface area contributed by atoms with E-state index >= 15 is 0 Å². The van der Waals surface area contributed by atoms with Gasteiger partial charge in [-0.25, -0.2) is 0 Å². The van der Waals surface area contributed by atoms with E-state index in [1.807, 2.05) is 12.1 Å². The summed E-state index contributed by atoms with van der Waals surface area (Å²) in [5.41, 5.74) is 1.48. The zero-order valence-corrected chi connectivity index (χ0v) is 13.4. The van der Waals surface area contributed by atoms with Crippen molar-refractivity contribution >= 4 is 22.5 Å². The number of benzene rings is 1. The standard InChI is InChI=1S/C16H22ClOS/c1-11-8-9-15(16(11,18)19(2)3)10-14(15)12-4-6-13(17)7-5-12/h4-7,11,14,18H,8-10H2,1-3H3/q+1. The van der Waals surface area contributed by atoms with Gasteiger partial charge >= 0.3 is 0 Å². The third kappa shape index (κ3) is 1.80. The first-order valence-corrected chi connectivity index (χ1v) is 9.39. The maximum absolute atomic E-state index is 11.3. The summed E-state index contributed by atoms with van der Waals surface area (Å²) in [7, 11) is 0.0371. The maximum atomic E-state index is 11.3. The van der Waals surface area contributed by atoms with E-state index in [1.165, 1.54) is 12.0 Å². The third-order valence-corrected chi connectivity index (χ3v) is 7.68. The fourth-order valence-corrected chi connectivity index (χ4v) is 6.45. The summed E-state index contributed by atoms with van der Waals surface area (Å²) in [6, 6.07) is 8.21. The molecule has 0 heterocycles. The van der Waals surface area contributed by atoms with Gasteiger partial charge in [-0.2, -0.15) is 0 Å². The number of hydrogen-bond donors (Lipinski definition) is 1. The molecule has 104 valence electrons. The molecule has 2 saturated carbocycles. The summed E-state index contributed by atoms with van der Waals surface area (Å²) in [5, 5.41) is 12.1. The number of halogens is 1. The lowest BCUT2D eigenvalue weighted by molar-refractivity contribution is 0.0430. The minimum atomic E-state index is -0.475. The first-order chi connectivity index (χ1) is 8.92. The van der Waals surface area contributed by atoms with Crippen molar-refractivity contribution in [1.82, 2.24) is 0 Å². The van der Waals surface area contributed by atoms with Crippen LogP contribution in [0.25, 0.3) is 0 Å². The van der Waals surface area contributed by atoms with Crippen LogP contribution in [-0.4, -0.2) is 22.6 Å². The molecule has 1 spiro atoms. The third-order valence-electron chi connectivity index (χ3n) is 5.37. The Kier molecular flexibility index (Phi) is 3.20. The van der Waals surface area contributed by atoms with Crippen molar-refractivity contribution in [3.8, 4) is 0 Å². The van der Waals surface area contributed by atoms with Crippen molar-refractivity contribution < 1.29 is 5.11 Å². The topological polar surface area (TPSA) is 20.2 Å². The number of aliphatic hydroxyl groups is 1. The van der Waals surface area contributed by atoms with Crippen LogP contribution in [0.4, 0.5) is 0 Å². The first-order valence-electron chi connectivity index (χ1n) is 6.97. The second kappa shape index (κ2) is 4.41. The van der Waals surface area contributed by atoms with Gasteiger partial charge in [0.1, 0.15) is 12.5 Å². The van der Waals surface area contributed by atoms with Crippen molar-refractivity contribution in [2.75, 3.05) is 12.5 Å². The second-order valence-corrected chi connectivity index (χ2v) is 9.11. The molecule has 0 aliphatic heterocycles. The molecule has 0 aromatic heterocycles. The first kappa shape index (κ1) is 13.8. The minimum absolute atomic E-state index is 0.0371. The molecule has 2 fully saturated rings. The average Bonchev–Trinajstić information content (AvgIpc) is 3.05. The number of rotatable bonds is 2. The van der Waals surface area contributed by atoms with Crippen LogP contribution >= 0.6 is 11.6 Å². The lowest BCUT2D eigenvalue weighted by atomic mass is 9.92. The van der Waals surface area contributed by atoms with Gasteiger partial charge in [-0.15, -0.1) is 0 Å². The molecule has 4 atom stereocenters. The maximum Gasteiger partial charge on any atom is 0.233 e. The van der Waals surface area contributed by atoms with E-state index in [9.17, 15) is 5.11 Å². The van der Waals surface area contributed by atoms with Crippen molar-refractivity contribution in [2.45, 2.75) is 37.0 Å². The van der Waals surface area contributed by atoms with Gasteiger partial charge in [0.05, 0.1) is 5.41 Å². The van der Waals surface area contributed by atoms with Gasteiger partial charge in [0.15, 0.2) is 0 Å². The highest BCUT2D eigenvalue weighted by Crippen LogP contribution is 2.74. The van der Waals surface area contributed by atoms with Crippen LogP contribution in [0, 0.1) is 11.3 Å². The van der Waals surface area contributed by atoms with E-state index in [0.29, 0.717) is 11.8 Å². The van der Waals surface area contributed by atoms with Crippen LogP contribution in [0.15, 0.2) is 24.3 Å². The summed E-state index contributed by atoms with van der Waals surface area (Å²) in [6.07, 6.45) is 7.86. The fourth-order valence-electron chi connectivity index (χ4n) is 4.26. The lowest BCUT2D eigenvalue weighted by Gasteiger charge is -2.31. The molecule has 3 heteroatoms. The van der Waals surface area contributed by atoms with E-state index in [0.717, 1.165) is 17.9 Å². The monoisotopic (exact) mass is 297 g/mol. The van der Waals surface area contributed by atoms with Crippen LogP contribution in [-0.2, 0) is 10.9 Å². The molecule has 1 aromatic rings. The molecule has 0 amide bonds. The van der Waals surface area contributed by atoms with Gasteiger partial charge in [0.2, 0.25) is 4.93 Å². The highest BCUT2D eigenvalue weighted by atomic mass is 35.5. The Morgan fingerprint density at radius 2 is 1.89 bits per heavy atom. The Bertz CT molecular complexity index is 486. The molecule has 3 rings (SSSR count). The van der Waals surface area contributed by atoms with Gasteiger partial charge < -0.3 is 5.11 Å². The Labute approximate surface area is 123 Å². The zero-order chi connectivity index (χ0) is 13.8. The van der Waals surface area contributed by atoms with Crippen molar-refractivity contribution in [3.05, 3.63) is 34.9 Å². The van der Waals surface area contributed by atoms with E-state index in [-0.39, 0.29) is 16.3 Å². The van der Waals surface area contributed by atoms with Gasteiger partial charge in [-0.1, -0.05) is 30.7 Å². The van der Waals surface area contributed by atoms with E-state index in [4.69, 9.17) is 11.6 Å². The Morgan fingerprint density at radius 1 is 1.26 bits per heavy atom. The van der Waals surface area contributed by atoms with Crippen LogP contribution in [0.1, 0.15) is 37.7 Å². The Hall–Kier alpha value is -0.180. The Balaban J connectivity index is 1.93. The molecule has 1 nitrogen and oxygen atoms in total. The summed E-state index contributed by atoms with van der Waals surface area (Å²) < 4.78 is 0. The molecule has 19 heavy (non-hydrogen) atoms. The molecule has 0 radical (unpaired) electrons. The van der Waals surface area contributed by atoms with Crippen LogP contribution in [0.2, 0.25) is 5.02 Å². The minimum Gasteiger partial charge on any atom is -0.347 e. The predicted molar refractivity (Wildman–Crippen MR) is 83.8 cm³/mol. The van der Waals surface area contributed by atoms with Crippen molar-refractivity contribution in [3.63, 3.8) is 0 Å². The zero-order valence-electron chi connectivity index (χ0n) is 11.8. The largest absolute Gasteiger partial charge is 0.347 e. The van der Waals surface area contributed by atoms with Crippen molar-refractivity contribution in [1.29, 1.82) is 0 Å². The summed E-state index contributed by atoms with van der Waals surface area (Å²) in [6.45, 7) is 2.22. The fraction of sp³-hybridized carbons (Fsp3) is 0.625. The highest BCUT2D eigenvalue weighted by molar-refractivity contribution is 7.96. The van der Waals surface area contributed by atoms with Crippen LogP contribution in [0.5, 0.6) is 0 Å². The normalized spacial score (nSPS) is 41.2. The second-order valence-electron chi connectivity index (χ2n) is 6.42. The van der Waals surface area contributed by atoms with E-state index < -0.39 is 4.93 Å². The van der Waals surface area contributed by atoms with E-state index in [1.54, 1.807) is 0 Å². The van der Waals surface area contributed by atoms with Gasteiger partial charge in [0.25, 0.3) is 0 Å². The van der Waals surface area contributed by atoms with Gasteiger partial charge in [0, 0.05) is 21.8 Å². The quantitative estimate of drug-likeness (QED) is 0.823. The van der Waals surface area contributed by atoms with Crippen LogP contribution < -0.4 is 0 Å². The Morgan fingerprint density at radius 3 is 2.47 bits per heavy atom. The molecular weight excluding hydrogens is 276 g/mol. The average molecular weight is 298 g/mol. The van der Waals surface area contributed by atoms with E-state index in [2.05, 4.69) is 31.6 Å².